The first-order valence-electron chi connectivity index (χ1n) is 13.1. The number of carbonyl (C=O) groups excluding carboxylic acids is 1. The molecule has 1 amide bonds. The van der Waals surface area contributed by atoms with Gasteiger partial charge in [0.1, 0.15) is 11.9 Å². The van der Waals surface area contributed by atoms with Crippen molar-refractivity contribution in [2.24, 2.45) is 5.92 Å². The summed E-state index contributed by atoms with van der Waals surface area (Å²) in [7, 11) is 0. The number of pyridine rings is 1. The third-order valence-electron chi connectivity index (χ3n) is 7.37. The van der Waals surface area contributed by atoms with Crippen LogP contribution in [0, 0.1) is 5.92 Å². The number of anilines is 2. The quantitative estimate of drug-likeness (QED) is 0.432. The van der Waals surface area contributed by atoms with Crippen molar-refractivity contribution in [2.45, 2.75) is 52.2 Å². The van der Waals surface area contributed by atoms with Crippen molar-refractivity contribution in [3.63, 3.8) is 0 Å². The molecule has 1 atom stereocenters. The van der Waals surface area contributed by atoms with Gasteiger partial charge in [0.05, 0.1) is 0 Å². The van der Waals surface area contributed by atoms with Gasteiger partial charge in [-0.15, -0.1) is 0 Å². The molecule has 2 N–H and O–H groups in total. The highest BCUT2D eigenvalue weighted by atomic mass is 16.4. The lowest BCUT2D eigenvalue weighted by molar-refractivity contribution is -0.144. The maximum absolute atomic E-state index is 13.1. The van der Waals surface area contributed by atoms with Crippen molar-refractivity contribution < 1.29 is 14.7 Å². The molecule has 0 saturated carbocycles. The predicted molar refractivity (Wildman–Crippen MR) is 146 cm³/mol. The monoisotopic (exact) mass is 498 g/mol. The Morgan fingerprint density at radius 2 is 1.73 bits per heavy atom. The van der Waals surface area contributed by atoms with E-state index in [2.05, 4.69) is 27.3 Å². The Hall–Kier alpha value is -3.87. The van der Waals surface area contributed by atoms with Gasteiger partial charge in [0.25, 0.3) is 5.91 Å². The summed E-state index contributed by atoms with van der Waals surface area (Å²) in [6.07, 6.45) is 5.74. The summed E-state index contributed by atoms with van der Waals surface area (Å²) < 4.78 is 0. The number of piperidine rings is 1. The van der Waals surface area contributed by atoms with Crippen molar-refractivity contribution in [2.75, 3.05) is 23.3 Å². The zero-order valence-corrected chi connectivity index (χ0v) is 21.5. The van der Waals surface area contributed by atoms with Gasteiger partial charge in [0.2, 0.25) is 0 Å². The van der Waals surface area contributed by atoms with Crippen molar-refractivity contribution in [1.82, 2.24) is 9.88 Å². The van der Waals surface area contributed by atoms with E-state index in [1.165, 1.54) is 24.2 Å². The average molecular weight is 499 g/mol. The SMILES string of the molecule is CC(C)[C@@H](C(=O)O)N1Cc2ccc(-c3ccc(NCc4ccc(N5CCCCC5)nc4)cc3)cc2C1=O. The minimum atomic E-state index is -0.965. The van der Waals surface area contributed by atoms with Gasteiger partial charge in [-0.25, -0.2) is 9.78 Å². The molecule has 0 spiro atoms. The van der Waals surface area contributed by atoms with Crippen LogP contribution in [-0.4, -0.2) is 46.0 Å². The molecule has 0 unspecified atom stereocenters. The molecule has 5 rings (SSSR count). The number of rotatable bonds is 8. The van der Waals surface area contributed by atoms with E-state index in [9.17, 15) is 14.7 Å². The van der Waals surface area contributed by atoms with Gasteiger partial charge in [-0.05, 0) is 71.7 Å². The Labute approximate surface area is 218 Å². The number of hydrogen-bond donors (Lipinski definition) is 2. The van der Waals surface area contributed by atoms with E-state index in [1.807, 2.05) is 62.5 Å². The molecule has 7 nitrogen and oxygen atoms in total. The second-order valence-electron chi connectivity index (χ2n) is 10.3. The Bertz CT molecular complexity index is 1260. The molecule has 7 heteroatoms. The van der Waals surface area contributed by atoms with E-state index in [1.54, 1.807) is 0 Å². The molecule has 3 heterocycles. The van der Waals surface area contributed by atoms with Crippen LogP contribution in [0.5, 0.6) is 0 Å². The van der Waals surface area contributed by atoms with E-state index >= 15 is 0 Å². The van der Waals surface area contributed by atoms with E-state index in [0.717, 1.165) is 46.8 Å². The van der Waals surface area contributed by atoms with E-state index < -0.39 is 12.0 Å². The van der Waals surface area contributed by atoms with Crippen molar-refractivity contribution in [1.29, 1.82) is 0 Å². The number of carbonyl (C=O) groups is 2. The fourth-order valence-corrected chi connectivity index (χ4v) is 5.32. The molecule has 1 saturated heterocycles. The third kappa shape index (κ3) is 5.31. The first kappa shape index (κ1) is 24.8. The number of fused-ring (bicyclic) bond motifs is 1. The first-order valence-corrected chi connectivity index (χ1v) is 13.1. The Kier molecular flexibility index (Phi) is 7.12. The molecule has 2 aliphatic rings. The molecular weight excluding hydrogens is 464 g/mol. The molecule has 3 aromatic rings. The molecule has 2 aliphatic heterocycles. The van der Waals surface area contributed by atoms with Crippen LogP contribution in [0.15, 0.2) is 60.8 Å². The second-order valence-corrected chi connectivity index (χ2v) is 10.3. The van der Waals surface area contributed by atoms with Gasteiger partial charge in [-0.1, -0.05) is 44.2 Å². The van der Waals surface area contributed by atoms with Crippen molar-refractivity contribution in [3.05, 3.63) is 77.5 Å². The van der Waals surface area contributed by atoms with Gasteiger partial charge in [0.15, 0.2) is 0 Å². The van der Waals surface area contributed by atoms with Crippen LogP contribution in [0.1, 0.15) is 54.6 Å². The third-order valence-corrected chi connectivity index (χ3v) is 7.37. The summed E-state index contributed by atoms with van der Waals surface area (Å²) in [6, 6.07) is 17.4. The maximum Gasteiger partial charge on any atom is 0.326 e. The molecule has 0 radical (unpaired) electrons. The summed E-state index contributed by atoms with van der Waals surface area (Å²) in [4.78, 5) is 33.3. The van der Waals surface area contributed by atoms with Gasteiger partial charge < -0.3 is 20.2 Å². The lowest BCUT2D eigenvalue weighted by atomic mass is 10.00. The van der Waals surface area contributed by atoms with Crippen LogP contribution in [0.3, 0.4) is 0 Å². The highest BCUT2D eigenvalue weighted by Gasteiger charge is 2.38. The first-order chi connectivity index (χ1) is 17.9. The Balaban J connectivity index is 1.22. The highest BCUT2D eigenvalue weighted by molar-refractivity contribution is 6.01. The Morgan fingerprint density at radius 3 is 2.38 bits per heavy atom. The summed E-state index contributed by atoms with van der Waals surface area (Å²) in [5, 5.41) is 13.1. The Morgan fingerprint density at radius 1 is 1.00 bits per heavy atom. The minimum absolute atomic E-state index is 0.168. The fourth-order valence-electron chi connectivity index (χ4n) is 5.32. The molecule has 1 aromatic heterocycles. The number of aliphatic carboxylic acids is 1. The number of nitrogens with zero attached hydrogens (tertiary/aromatic N) is 3. The lowest BCUT2D eigenvalue weighted by Gasteiger charge is -2.27. The summed E-state index contributed by atoms with van der Waals surface area (Å²) in [5.41, 5.74) is 5.55. The number of hydrogen-bond acceptors (Lipinski definition) is 5. The zero-order valence-electron chi connectivity index (χ0n) is 21.5. The van der Waals surface area contributed by atoms with Crippen LogP contribution in [0.25, 0.3) is 11.1 Å². The number of benzene rings is 2. The van der Waals surface area contributed by atoms with Crippen LogP contribution >= 0.6 is 0 Å². The second kappa shape index (κ2) is 10.6. The van der Waals surface area contributed by atoms with Gasteiger partial charge in [-0.2, -0.15) is 0 Å². The van der Waals surface area contributed by atoms with Gasteiger partial charge in [0, 0.05) is 43.6 Å². The molecule has 2 aromatic carbocycles. The summed E-state index contributed by atoms with van der Waals surface area (Å²) in [5.74, 6) is -0.283. The normalized spacial score (nSPS) is 16.1. The predicted octanol–water partition coefficient (Wildman–Crippen LogP) is 5.42. The van der Waals surface area contributed by atoms with E-state index in [0.29, 0.717) is 18.7 Å². The van der Waals surface area contributed by atoms with Crippen molar-refractivity contribution >= 4 is 23.4 Å². The van der Waals surface area contributed by atoms with Gasteiger partial charge >= 0.3 is 5.97 Å². The smallest absolute Gasteiger partial charge is 0.326 e. The summed E-state index contributed by atoms with van der Waals surface area (Å²) >= 11 is 0. The average Bonchev–Trinajstić information content (AvgIpc) is 3.23. The standard InChI is InChI=1S/C30H34N4O3/c1-20(2)28(30(36)37)34-19-24-8-7-23(16-26(24)29(34)35)22-9-11-25(12-10-22)31-17-21-6-13-27(32-18-21)33-14-4-3-5-15-33/h6-13,16,18,20,28,31H,3-5,14-15,17,19H2,1-2H3,(H,36,37)/t28-/m0/s1. The number of carboxylic acid groups (broad SMARTS) is 1. The molecule has 0 aliphatic carbocycles. The summed E-state index contributed by atoms with van der Waals surface area (Å²) in [6.45, 7) is 6.87. The molecule has 192 valence electrons. The number of carboxylic acids is 1. The zero-order chi connectivity index (χ0) is 25.9. The van der Waals surface area contributed by atoms with Crippen molar-refractivity contribution in [3.8, 4) is 11.1 Å². The highest BCUT2D eigenvalue weighted by Crippen LogP contribution is 2.31. The van der Waals surface area contributed by atoms with E-state index in [-0.39, 0.29) is 11.8 Å². The van der Waals surface area contributed by atoms with Crippen LogP contribution in [0.2, 0.25) is 0 Å². The van der Waals surface area contributed by atoms with Crippen LogP contribution in [0.4, 0.5) is 11.5 Å². The number of nitrogens with one attached hydrogen (secondary N) is 1. The van der Waals surface area contributed by atoms with Crippen LogP contribution < -0.4 is 10.2 Å². The number of aromatic nitrogens is 1. The number of amides is 1. The van der Waals surface area contributed by atoms with Gasteiger partial charge in [-0.3, -0.25) is 4.79 Å². The van der Waals surface area contributed by atoms with Crippen LogP contribution in [-0.2, 0) is 17.9 Å². The topological polar surface area (TPSA) is 85.8 Å². The molecule has 0 bridgehead atoms. The minimum Gasteiger partial charge on any atom is -0.480 e. The van der Waals surface area contributed by atoms with E-state index in [4.69, 9.17) is 0 Å². The lowest BCUT2D eigenvalue weighted by Crippen LogP contribution is -2.44. The molecule has 37 heavy (non-hydrogen) atoms. The largest absolute Gasteiger partial charge is 0.480 e. The molecule has 1 fully saturated rings. The fraction of sp³-hybridized carbons (Fsp3) is 0.367. The molecular formula is C30H34N4O3. The maximum atomic E-state index is 13.1.